The van der Waals surface area contributed by atoms with E-state index in [-0.39, 0.29) is 12.2 Å². The van der Waals surface area contributed by atoms with Crippen molar-refractivity contribution in [3.8, 4) is 0 Å². The van der Waals surface area contributed by atoms with Crippen molar-refractivity contribution >= 4 is 11.9 Å². The molecule has 1 unspecified atom stereocenters. The van der Waals surface area contributed by atoms with Crippen LogP contribution in [-0.4, -0.2) is 31.2 Å². The van der Waals surface area contributed by atoms with Crippen molar-refractivity contribution in [1.29, 1.82) is 0 Å². The van der Waals surface area contributed by atoms with Crippen LogP contribution >= 0.6 is 0 Å². The molecule has 15 heavy (non-hydrogen) atoms. The number of rotatable bonds is 6. The number of nitrogens with zero attached hydrogens (tertiary/aromatic N) is 1. The first-order valence-electron chi connectivity index (χ1n) is 4.34. The second-order valence-electron chi connectivity index (χ2n) is 2.75. The average molecular weight is 215 g/mol. The van der Waals surface area contributed by atoms with Gasteiger partial charge in [0.05, 0.1) is 6.61 Å². The smallest absolute Gasteiger partial charge is 0.338 e. The van der Waals surface area contributed by atoms with Gasteiger partial charge in [-0.05, 0) is 13.8 Å². The third-order valence-electron chi connectivity index (χ3n) is 1.41. The molecule has 84 valence electrons. The van der Waals surface area contributed by atoms with Gasteiger partial charge in [-0.3, -0.25) is 0 Å². The quantitative estimate of drug-likeness (QED) is 0.372. The Morgan fingerprint density at radius 1 is 1.40 bits per heavy atom. The summed E-state index contributed by atoms with van der Waals surface area (Å²) in [6.45, 7) is 6.11. The fraction of sp³-hybridized carbons (Fsp3) is 0.556. The highest BCUT2D eigenvalue weighted by atomic mass is 16.6. The largest absolute Gasteiger partial charge is 0.464 e. The Labute approximate surface area is 87.2 Å². The normalized spacial score (nSPS) is 11.3. The summed E-state index contributed by atoms with van der Waals surface area (Å²) in [6, 6.07) is -1.31. The van der Waals surface area contributed by atoms with Crippen molar-refractivity contribution in [1.82, 2.24) is 0 Å². The van der Waals surface area contributed by atoms with Crippen LogP contribution < -0.4 is 0 Å². The first-order valence-corrected chi connectivity index (χ1v) is 4.34. The van der Waals surface area contributed by atoms with E-state index < -0.39 is 24.6 Å². The lowest BCUT2D eigenvalue weighted by atomic mass is 10.3. The van der Waals surface area contributed by atoms with E-state index in [0.717, 1.165) is 0 Å². The van der Waals surface area contributed by atoms with Gasteiger partial charge in [0.2, 0.25) is 6.04 Å². The molecule has 0 spiro atoms. The second kappa shape index (κ2) is 6.69. The third kappa shape index (κ3) is 4.90. The fourth-order valence-electron chi connectivity index (χ4n) is 0.658. The number of carbonyl (C=O) groups excluding carboxylic acids is 2. The van der Waals surface area contributed by atoms with Crippen LogP contribution in [0.1, 0.15) is 13.8 Å². The average Bonchev–Trinajstić information content (AvgIpc) is 2.18. The summed E-state index contributed by atoms with van der Waals surface area (Å²) >= 11 is 0. The second-order valence-corrected chi connectivity index (χ2v) is 2.75. The minimum Gasteiger partial charge on any atom is -0.464 e. The molecule has 0 saturated heterocycles. The molecule has 0 aromatic heterocycles. The molecule has 0 N–H and O–H groups in total. The van der Waals surface area contributed by atoms with Gasteiger partial charge in [0, 0.05) is 5.57 Å². The Morgan fingerprint density at radius 2 is 2.00 bits per heavy atom. The molecule has 0 rings (SSSR count). The lowest BCUT2D eigenvalue weighted by molar-refractivity contribution is -0.148. The summed E-state index contributed by atoms with van der Waals surface area (Å²) < 4.78 is 9.13. The molecular weight excluding hydrogens is 202 g/mol. The van der Waals surface area contributed by atoms with E-state index in [1.807, 2.05) is 0 Å². The van der Waals surface area contributed by atoms with E-state index in [1.54, 1.807) is 6.92 Å². The zero-order valence-electron chi connectivity index (χ0n) is 8.69. The van der Waals surface area contributed by atoms with Gasteiger partial charge >= 0.3 is 11.9 Å². The van der Waals surface area contributed by atoms with Gasteiger partial charge in [-0.25, -0.2) is 9.59 Å². The SMILES string of the molecule is C=C(C)C(=O)OCC(N=O)C(=O)OCC. The summed E-state index contributed by atoms with van der Waals surface area (Å²) in [5, 5.41) is 2.51. The van der Waals surface area contributed by atoms with Crippen LogP contribution in [0.2, 0.25) is 0 Å². The number of esters is 2. The van der Waals surface area contributed by atoms with E-state index in [4.69, 9.17) is 0 Å². The van der Waals surface area contributed by atoms with E-state index >= 15 is 0 Å². The van der Waals surface area contributed by atoms with E-state index in [0.29, 0.717) is 0 Å². The summed E-state index contributed by atoms with van der Waals surface area (Å²) in [4.78, 5) is 32.2. The van der Waals surface area contributed by atoms with Gasteiger partial charge in [0.25, 0.3) is 0 Å². The molecule has 0 saturated carbocycles. The molecule has 0 bridgehead atoms. The van der Waals surface area contributed by atoms with Crippen LogP contribution in [-0.2, 0) is 19.1 Å². The first-order chi connectivity index (χ1) is 7.02. The van der Waals surface area contributed by atoms with Crippen LogP contribution in [0.3, 0.4) is 0 Å². The number of carbonyl (C=O) groups is 2. The Balaban J connectivity index is 4.11. The standard InChI is InChI=1S/C9H13NO5/c1-4-14-9(12)7(10-13)5-15-8(11)6(2)3/h7H,2,4-5H2,1,3H3. The van der Waals surface area contributed by atoms with Crippen molar-refractivity contribution in [2.45, 2.75) is 19.9 Å². The van der Waals surface area contributed by atoms with Crippen LogP contribution in [0.5, 0.6) is 0 Å². The van der Waals surface area contributed by atoms with Crippen molar-refractivity contribution in [2.75, 3.05) is 13.2 Å². The highest BCUT2D eigenvalue weighted by Gasteiger charge is 2.22. The third-order valence-corrected chi connectivity index (χ3v) is 1.41. The zero-order chi connectivity index (χ0) is 11.8. The molecule has 0 radical (unpaired) electrons. The van der Waals surface area contributed by atoms with Crippen molar-refractivity contribution in [3.05, 3.63) is 17.1 Å². The molecule has 1 atom stereocenters. The number of hydrogen-bond acceptors (Lipinski definition) is 6. The summed E-state index contributed by atoms with van der Waals surface area (Å²) in [6.07, 6.45) is 0. The molecule has 0 fully saturated rings. The maximum atomic E-state index is 11.0. The molecule has 0 aliphatic carbocycles. The minimum atomic E-state index is -1.31. The highest BCUT2D eigenvalue weighted by molar-refractivity contribution is 5.87. The van der Waals surface area contributed by atoms with E-state index in [9.17, 15) is 14.5 Å². The topological polar surface area (TPSA) is 82.0 Å². The molecule has 0 amide bonds. The fourth-order valence-corrected chi connectivity index (χ4v) is 0.658. The molecule has 6 heteroatoms. The molecule has 6 nitrogen and oxygen atoms in total. The highest BCUT2D eigenvalue weighted by Crippen LogP contribution is 1.99. The molecule has 0 aromatic carbocycles. The Kier molecular flexibility index (Phi) is 5.92. The predicted molar refractivity (Wildman–Crippen MR) is 52.0 cm³/mol. The van der Waals surface area contributed by atoms with Gasteiger partial charge in [-0.15, -0.1) is 4.91 Å². The number of ether oxygens (including phenoxy) is 2. The van der Waals surface area contributed by atoms with E-state index in [2.05, 4.69) is 21.2 Å². The Hall–Kier alpha value is -1.72. The first kappa shape index (κ1) is 13.3. The van der Waals surface area contributed by atoms with Crippen LogP contribution in [0.4, 0.5) is 0 Å². The number of hydrogen-bond donors (Lipinski definition) is 0. The van der Waals surface area contributed by atoms with Gasteiger partial charge in [0.1, 0.15) is 6.61 Å². The molecule has 0 aliphatic rings. The van der Waals surface area contributed by atoms with Crippen LogP contribution in [0.15, 0.2) is 17.3 Å². The Bertz CT molecular complexity index is 274. The van der Waals surface area contributed by atoms with Gasteiger partial charge in [0.15, 0.2) is 0 Å². The molecule has 0 heterocycles. The summed E-state index contributed by atoms with van der Waals surface area (Å²) in [7, 11) is 0. The van der Waals surface area contributed by atoms with Gasteiger partial charge < -0.3 is 9.47 Å². The van der Waals surface area contributed by atoms with Gasteiger partial charge in [-0.2, -0.15) is 0 Å². The molecule has 0 aromatic rings. The monoisotopic (exact) mass is 215 g/mol. The maximum Gasteiger partial charge on any atom is 0.338 e. The van der Waals surface area contributed by atoms with Crippen molar-refractivity contribution in [3.63, 3.8) is 0 Å². The minimum absolute atomic E-state index is 0.138. The summed E-state index contributed by atoms with van der Waals surface area (Å²) in [5.74, 6) is -1.48. The van der Waals surface area contributed by atoms with Crippen LogP contribution in [0, 0.1) is 4.91 Å². The zero-order valence-corrected chi connectivity index (χ0v) is 8.69. The lowest BCUT2D eigenvalue weighted by Crippen LogP contribution is -2.27. The number of nitroso groups, excluding NO2 is 1. The molecule has 0 aliphatic heterocycles. The molecular formula is C9H13NO5. The van der Waals surface area contributed by atoms with Crippen molar-refractivity contribution in [2.24, 2.45) is 5.18 Å². The Morgan fingerprint density at radius 3 is 2.40 bits per heavy atom. The van der Waals surface area contributed by atoms with Gasteiger partial charge in [-0.1, -0.05) is 11.8 Å². The van der Waals surface area contributed by atoms with Crippen molar-refractivity contribution < 1.29 is 19.1 Å². The lowest BCUT2D eigenvalue weighted by Gasteiger charge is -2.08. The summed E-state index contributed by atoms with van der Waals surface area (Å²) in [5.41, 5.74) is 0.184. The predicted octanol–water partition coefficient (Wildman–Crippen LogP) is 0.804. The van der Waals surface area contributed by atoms with E-state index in [1.165, 1.54) is 6.92 Å². The van der Waals surface area contributed by atoms with Crippen LogP contribution in [0.25, 0.3) is 0 Å². The maximum absolute atomic E-state index is 11.0.